The zero-order valence-electron chi connectivity index (χ0n) is 13.9. The van der Waals surface area contributed by atoms with Gasteiger partial charge in [0, 0.05) is 25.7 Å². The van der Waals surface area contributed by atoms with E-state index in [4.69, 9.17) is 15.5 Å². The molecule has 0 radical (unpaired) electrons. The molecule has 1 aliphatic rings. The van der Waals surface area contributed by atoms with Crippen LogP contribution in [-0.2, 0) is 0 Å². The number of nitrogens with zero attached hydrogens (tertiary/aromatic N) is 5. The predicted octanol–water partition coefficient (Wildman–Crippen LogP) is 0.873. The number of aromatic nitrogens is 3. The van der Waals surface area contributed by atoms with Gasteiger partial charge in [-0.15, -0.1) is 0 Å². The van der Waals surface area contributed by atoms with Gasteiger partial charge in [-0.25, -0.2) is 4.98 Å². The average molecular weight is 341 g/mol. The first-order valence-electron chi connectivity index (χ1n) is 8.06. The van der Waals surface area contributed by atoms with Crippen LogP contribution in [0.25, 0.3) is 0 Å². The summed E-state index contributed by atoms with van der Waals surface area (Å²) in [7, 11) is 0. The minimum atomic E-state index is -0.243. The van der Waals surface area contributed by atoms with E-state index in [0.29, 0.717) is 24.8 Å². The van der Waals surface area contributed by atoms with Crippen molar-refractivity contribution in [3.8, 4) is 6.07 Å². The Morgan fingerprint density at radius 3 is 3.12 bits per heavy atom. The lowest BCUT2D eigenvalue weighted by Gasteiger charge is -2.32. The molecule has 9 heteroatoms. The summed E-state index contributed by atoms with van der Waals surface area (Å²) in [4.78, 5) is 22.5. The second-order valence-corrected chi connectivity index (χ2v) is 6.07. The van der Waals surface area contributed by atoms with Gasteiger partial charge in [-0.05, 0) is 25.7 Å². The second-order valence-electron chi connectivity index (χ2n) is 6.07. The van der Waals surface area contributed by atoms with Crippen LogP contribution in [0.4, 0.5) is 11.8 Å². The molecule has 3 N–H and O–H groups in total. The van der Waals surface area contributed by atoms with Crippen LogP contribution in [0.3, 0.4) is 0 Å². The van der Waals surface area contributed by atoms with E-state index in [0.717, 1.165) is 19.4 Å². The molecule has 2 aromatic rings. The number of carbonyl (C=O) groups is 1. The van der Waals surface area contributed by atoms with Gasteiger partial charge in [0.25, 0.3) is 5.91 Å². The predicted molar refractivity (Wildman–Crippen MR) is 89.7 cm³/mol. The zero-order valence-corrected chi connectivity index (χ0v) is 13.9. The van der Waals surface area contributed by atoms with Gasteiger partial charge in [-0.1, -0.05) is 5.16 Å². The zero-order chi connectivity index (χ0) is 17.8. The lowest BCUT2D eigenvalue weighted by atomic mass is 9.98. The molecule has 130 valence electrons. The number of amides is 1. The number of nitriles is 1. The van der Waals surface area contributed by atoms with Crippen LogP contribution in [0.2, 0.25) is 0 Å². The van der Waals surface area contributed by atoms with E-state index in [1.54, 1.807) is 13.0 Å². The van der Waals surface area contributed by atoms with E-state index in [-0.39, 0.29) is 28.9 Å². The number of hydrogen-bond acceptors (Lipinski definition) is 8. The molecular weight excluding hydrogens is 322 g/mol. The van der Waals surface area contributed by atoms with Crippen LogP contribution in [0.15, 0.2) is 16.8 Å². The molecule has 1 saturated heterocycles. The quantitative estimate of drug-likeness (QED) is 0.836. The molecule has 0 aromatic carbocycles. The molecule has 0 spiro atoms. The summed E-state index contributed by atoms with van der Waals surface area (Å²) >= 11 is 0. The van der Waals surface area contributed by atoms with Gasteiger partial charge < -0.3 is 20.5 Å². The van der Waals surface area contributed by atoms with E-state index in [9.17, 15) is 4.79 Å². The van der Waals surface area contributed by atoms with Gasteiger partial charge >= 0.3 is 0 Å². The van der Waals surface area contributed by atoms with Crippen LogP contribution < -0.4 is 16.0 Å². The maximum atomic E-state index is 12.0. The fourth-order valence-electron chi connectivity index (χ4n) is 2.84. The molecular formula is C16H19N7O2. The molecule has 2 aromatic heterocycles. The summed E-state index contributed by atoms with van der Waals surface area (Å²) in [6.07, 6.45) is 3.41. The van der Waals surface area contributed by atoms with Crippen molar-refractivity contribution in [2.24, 2.45) is 5.92 Å². The summed E-state index contributed by atoms with van der Waals surface area (Å²) in [6, 6.07) is 3.56. The minimum absolute atomic E-state index is 0.185. The number of hydrogen-bond donors (Lipinski definition) is 2. The monoisotopic (exact) mass is 341 g/mol. The third-order valence-corrected chi connectivity index (χ3v) is 4.14. The molecule has 0 aliphatic carbocycles. The molecule has 3 rings (SSSR count). The number of nitrogen functional groups attached to an aromatic ring is 1. The van der Waals surface area contributed by atoms with Gasteiger partial charge in [-0.3, -0.25) is 4.79 Å². The van der Waals surface area contributed by atoms with Crippen molar-refractivity contribution < 1.29 is 9.32 Å². The number of anilines is 2. The van der Waals surface area contributed by atoms with E-state index >= 15 is 0 Å². The highest BCUT2D eigenvalue weighted by Gasteiger charge is 2.23. The van der Waals surface area contributed by atoms with E-state index in [1.807, 2.05) is 11.0 Å². The first kappa shape index (κ1) is 16.7. The highest BCUT2D eigenvalue weighted by atomic mass is 16.5. The summed E-state index contributed by atoms with van der Waals surface area (Å²) in [5.41, 5.74) is 6.32. The van der Waals surface area contributed by atoms with Crippen molar-refractivity contribution in [1.29, 1.82) is 5.26 Å². The van der Waals surface area contributed by atoms with Gasteiger partial charge in [-0.2, -0.15) is 10.2 Å². The highest BCUT2D eigenvalue weighted by Crippen LogP contribution is 2.21. The van der Waals surface area contributed by atoms with Crippen molar-refractivity contribution in [3.63, 3.8) is 0 Å². The summed E-state index contributed by atoms with van der Waals surface area (Å²) in [5.74, 6) is 1.33. The maximum Gasteiger partial charge on any atom is 0.273 e. The van der Waals surface area contributed by atoms with Crippen LogP contribution in [0.5, 0.6) is 0 Å². The summed E-state index contributed by atoms with van der Waals surface area (Å²) in [5, 5.41) is 15.5. The second kappa shape index (κ2) is 7.17. The number of nitrogens with one attached hydrogen (secondary N) is 1. The number of rotatable bonds is 4. The standard InChI is InChI=1S/C16H19N7O2/c1-10-5-13(22-25-10)15(24)19-7-11-3-2-4-23(9-11)16-20-8-12(6-17)14(18)21-16/h5,8,11H,2-4,7,9H2,1H3,(H,19,24)(H2,18,20,21). The van der Waals surface area contributed by atoms with Crippen molar-refractivity contribution in [2.45, 2.75) is 19.8 Å². The molecule has 0 bridgehead atoms. The van der Waals surface area contributed by atoms with Crippen LogP contribution in [0.1, 0.15) is 34.7 Å². The Morgan fingerprint density at radius 1 is 1.60 bits per heavy atom. The third kappa shape index (κ3) is 3.85. The Hall–Kier alpha value is -3.15. The molecule has 9 nitrogen and oxygen atoms in total. The number of carbonyl (C=O) groups excluding carboxylic acids is 1. The van der Waals surface area contributed by atoms with Crippen molar-refractivity contribution in [3.05, 3.63) is 29.3 Å². The van der Waals surface area contributed by atoms with Crippen LogP contribution in [0, 0.1) is 24.2 Å². The molecule has 1 fully saturated rings. The normalized spacial score (nSPS) is 17.1. The van der Waals surface area contributed by atoms with Gasteiger partial charge in [0.2, 0.25) is 5.95 Å². The van der Waals surface area contributed by atoms with Gasteiger partial charge in [0.1, 0.15) is 23.2 Å². The fourth-order valence-corrected chi connectivity index (χ4v) is 2.84. The first-order chi connectivity index (χ1) is 12.1. The highest BCUT2D eigenvalue weighted by molar-refractivity contribution is 5.92. The lowest BCUT2D eigenvalue weighted by molar-refractivity contribution is 0.0936. The molecule has 25 heavy (non-hydrogen) atoms. The molecule has 1 atom stereocenters. The van der Waals surface area contributed by atoms with Gasteiger partial charge in [0.05, 0.1) is 6.20 Å². The number of nitrogens with two attached hydrogens (primary N) is 1. The number of piperidine rings is 1. The Bertz CT molecular complexity index is 811. The molecule has 1 amide bonds. The van der Waals surface area contributed by atoms with Gasteiger partial charge in [0.15, 0.2) is 5.69 Å². The minimum Gasteiger partial charge on any atom is -0.382 e. The lowest BCUT2D eigenvalue weighted by Crippen LogP contribution is -2.41. The third-order valence-electron chi connectivity index (χ3n) is 4.14. The van der Waals surface area contributed by atoms with Crippen molar-refractivity contribution in [2.75, 3.05) is 30.3 Å². The number of aryl methyl sites for hydroxylation is 1. The Balaban J connectivity index is 1.59. The molecule has 3 heterocycles. The van der Waals surface area contributed by atoms with Crippen molar-refractivity contribution in [1.82, 2.24) is 20.4 Å². The van der Waals surface area contributed by atoms with Crippen LogP contribution >= 0.6 is 0 Å². The smallest absolute Gasteiger partial charge is 0.273 e. The molecule has 0 saturated carbocycles. The maximum absolute atomic E-state index is 12.0. The Morgan fingerprint density at radius 2 is 2.44 bits per heavy atom. The first-order valence-corrected chi connectivity index (χ1v) is 8.06. The summed E-state index contributed by atoms with van der Waals surface area (Å²) in [6.45, 7) is 3.81. The van der Waals surface area contributed by atoms with E-state index < -0.39 is 0 Å². The largest absolute Gasteiger partial charge is 0.382 e. The average Bonchev–Trinajstić information content (AvgIpc) is 3.06. The van der Waals surface area contributed by atoms with Crippen molar-refractivity contribution >= 4 is 17.7 Å². The van der Waals surface area contributed by atoms with E-state index in [1.165, 1.54) is 6.20 Å². The Kier molecular flexibility index (Phi) is 4.79. The van der Waals surface area contributed by atoms with Crippen LogP contribution in [-0.4, -0.2) is 40.7 Å². The molecule has 1 aliphatic heterocycles. The SMILES string of the molecule is Cc1cc(C(=O)NCC2CCCN(c3ncc(C#N)c(N)n3)C2)no1. The molecule has 1 unspecified atom stereocenters. The Labute approximate surface area is 144 Å². The topological polar surface area (TPSA) is 134 Å². The van der Waals surface area contributed by atoms with E-state index in [2.05, 4.69) is 20.4 Å². The summed E-state index contributed by atoms with van der Waals surface area (Å²) < 4.78 is 4.91. The fraction of sp³-hybridized carbons (Fsp3) is 0.438.